The molecule has 0 bridgehead atoms. The summed E-state index contributed by atoms with van der Waals surface area (Å²) < 4.78 is 80.9. The Bertz CT molecular complexity index is 592. The number of carbonyl (C=O) groups excluding carboxylic acids is 1. The predicted octanol–water partition coefficient (Wildman–Crippen LogP) is 3.42. The van der Waals surface area contributed by atoms with Crippen LogP contribution in [0.1, 0.15) is 21.5 Å². The highest BCUT2D eigenvalue weighted by atomic mass is 19.4. The number of halogens is 6. The second-order valence-electron chi connectivity index (χ2n) is 3.63. The number of nitrogens with zero attached hydrogens (tertiary/aromatic N) is 1. The van der Waals surface area contributed by atoms with Gasteiger partial charge in [0.1, 0.15) is 5.56 Å². The summed E-state index contributed by atoms with van der Waals surface area (Å²) in [7, 11) is 0.664. The van der Waals surface area contributed by atoms with Gasteiger partial charge in [0, 0.05) is 6.07 Å². The molecule has 0 unspecified atom stereocenters. The molecule has 0 saturated carbocycles. The molecule has 0 spiro atoms. The number of carbonyl (C=O) groups is 1. The second-order valence-corrected chi connectivity index (χ2v) is 3.63. The maximum atomic E-state index is 12.8. The third kappa shape index (κ3) is 3.23. The lowest BCUT2D eigenvalue weighted by Gasteiger charge is -2.18. The molecule has 0 atom stereocenters. The molecule has 1 aromatic carbocycles. The van der Waals surface area contributed by atoms with Gasteiger partial charge >= 0.3 is 18.3 Å². The summed E-state index contributed by atoms with van der Waals surface area (Å²) in [6.45, 7) is 0. The van der Waals surface area contributed by atoms with Gasteiger partial charge in [0.05, 0.1) is 23.2 Å². The largest absolute Gasteiger partial charge is 0.465 e. The van der Waals surface area contributed by atoms with Crippen molar-refractivity contribution in [3.8, 4) is 0 Å². The Hall–Kier alpha value is -2.33. The number of rotatable bonds is 2. The van der Waals surface area contributed by atoms with Crippen LogP contribution < -0.4 is 0 Å². The first-order valence-corrected chi connectivity index (χ1v) is 4.95. The maximum Gasteiger partial charge on any atom is 0.423 e. The smallest absolute Gasteiger partial charge is 0.423 e. The quantitative estimate of drug-likeness (QED) is 0.363. The Labute approximate surface area is 112 Å². The summed E-state index contributed by atoms with van der Waals surface area (Å²) in [6.07, 6.45) is -11.3. The van der Waals surface area contributed by atoms with E-state index in [9.17, 15) is 41.3 Å². The molecule has 0 fully saturated rings. The highest BCUT2D eigenvalue weighted by Gasteiger charge is 2.50. The van der Waals surface area contributed by atoms with Crippen molar-refractivity contribution in [3.05, 3.63) is 38.9 Å². The molecule has 0 heterocycles. The van der Waals surface area contributed by atoms with Crippen LogP contribution >= 0.6 is 0 Å². The Morgan fingerprint density at radius 1 is 1.10 bits per heavy atom. The first-order valence-electron chi connectivity index (χ1n) is 4.95. The summed E-state index contributed by atoms with van der Waals surface area (Å²) in [5.41, 5.74) is -8.25. The van der Waals surface area contributed by atoms with Crippen molar-refractivity contribution in [1.82, 2.24) is 0 Å². The van der Waals surface area contributed by atoms with Gasteiger partial charge in [-0.25, -0.2) is 4.79 Å². The van der Waals surface area contributed by atoms with Crippen molar-refractivity contribution >= 4 is 11.7 Å². The zero-order valence-corrected chi connectivity index (χ0v) is 10.0. The lowest BCUT2D eigenvalue weighted by molar-refractivity contribution is -0.388. The van der Waals surface area contributed by atoms with Gasteiger partial charge in [0.15, 0.2) is 0 Å². The van der Waals surface area contributed by atoms with Gasteiger partial charge < -0.3 is 4.74 Å². The molecule has 0 aliphatic rings. The van der Waals surface area contributed by atoms with Crippen LogP contribution in [0.3, 0.4) is 0 Å². The van der Waals surface area contributed by atoms with E-state index in [2.05, 4.69) is 4.74 Å². The molecular formula is C10H5F6NO4. The Balaban J connectivity index is 3.92. The maximum absolute atomic E-state index is 12.8. The minimum absolute atomic E-state index is 0.171. The third-order valence-electron chi connectivity index (χ3n) is 2.35. The summed E-state index contributed by atoms with van der Waals surface area (Å²) in [6, 6.07) is 0.437. The van der Waals surface area contributed by atoms with Crippen LogP contribution in [0, 0.1) is 10.1 Å². The normalized spacial score (nSPS) is 12.1. The molecule has 1 rings (SSSR count). The summed E-state index contributed by atoms with van der Waals surface area (Å²) in [4.78, 5) is 20.1. The van der Waals surface area contributed by atoms with E-state index in [-0.39, 0.29) is 12.1 Å². The van der Waals surface area contributed by atoms with Crippen molar-refractivity contribution in [2.45, 2.75) is 12.4 Å². The monoisotopic (exact) mass is 317 g/mol. The number of esters is 1. The molecule has 5 nitrogen and oxygen atoms in total. The Kier molecular flexibility index (Phi) is 4.16. The molecule has 0 aromatic heterocycles. The molecule has 11 heteroatoms. The van der Waals surface area contributed by atoms with Crippen molar-refractivity contribution in [2.75, 3.05) is 7.11 Å². The second kappa shape index (κ2) is 5.22. The molecule has 1 aromatic rings. The number of methoxy groups -OCH3 is 1. The van der Waals surface area contributed by atoms with E-state index in [4.69, 9.17) is 0 Å². The fraction of sp³-hybridized carbons (Fsp3) is 0.300. The minimum Gasteiger partial charge on any atom is -0.465 e. The van der Waals surface area contributed by atoms with Gasteiger partial charge in [-0.15, -0.1) is 0 Å². The van der Waals surface area contributed by atoms with E-state index in [1.165, 1.54) is 0 Å². The number of hydrogen-bond acceptors (Lipinski definition) is 4. The standard InChI is InChI=1S/C10H5F6NO4/c1-21-8(18)4-2-3-5(17(19)20)7(10(14,15)16)6(4)9(11,12)13/h2-3H,1H3. The molecule has 0 amide bonds. The van der Waals surface area contributed by atoms with E-state index in [1.54, 1.807) is 0 Å². The summed E-state index contributed by atoms with van der Waals surface area (Å²) in [5.74, 6) is -1.69. The fourth-order valence-corrected chi connectivity index (χ4v) is 1.61. The molecule has 0 N–H and O–H groups in total. The molecule has 0 radical (unpaired) electrons. The van der Waals surface area contributed by atoms with Crippen LogP contribution in [0.2, 0.25) is 0 Å². The van der Waals surface area contributed by atoms with Crippen molar-refractivity contribution < 1.29 is 40.8 Å². The molecule has 0 saturated heterocycles. The van der Waals surface area contributed by atoms with Crippen LogP contribution in [-0.4, -0.2) is 18.0 Å². The Morgan fingerprint density at radius 3 is 1.90 bits per heavy atom. The van der Waals surface area contributed by atoms with Gasteiger partial charge in [-0.2, -0.15) is 26.3 Å². The SMILES string of the molecule is COC(=O)c1ccc([N+](=O)[O-])c(C(F)(F)F)c1C(F)(F)F. The van der Waals surface area contributed by atoms with E-state index in [1.807, 2.05) is 0 Å². The first-order chi connectivity index (χ1) is 9.41. The number of alkyl halides is 6. The number of nitro benzene ring substituents is 1. The van der Waals surface area contributed by atoms with E-state index >= 15 is 0 Å². The van der Waals surface area contributed by atoms with Crippen LogP contribution in [0.4, 0.5) is 32.0 Å². The predicted molar refractivity (Wildman–Crippen MR) is 54.4 cm³/mol. The van der Waals surface area contributed by atoms with E-state index in [0.29, 0.717) is 7.11 Å². The topological polar surface area (TPSA) is 69.4 Å². The average Bonchev–Trinajstić information content (AvgIpc) is 2.33. The van der Waals surface area contributed by atoms with Gasteiger partial charge in [-0.05, 0) is 6.07 Å². The zero-order chi connectivity index (χ0) is 16.6. The van der Waals surface area contributed by atoms with Crippen molar-refractivity contribution in [2.24, 2.45) is 0 Å². The molecule has 0 aliphatic carbocycles. The molecular weight excluding hydrogens is 312 g/mol. The highest BCUT2D eigenvalue weighted by molar-refractivity contribution is 5.92. The third-order valence-corrected chi connectivity index (χ3v) is 2.35. The number of benzene rings is 1. The van der Waals surface area contributed by atoms with Crippen LogP contribution in [0.5, 0.6) is 0 Å². The lowest BCUT2D eigenvalue weighted by atomic mass is 9.98. The molecule has 21 heavy (non-hydrogen) atoms. The van der Waals surface area contributed by atoms with Gasteiger partial charge in [-0.1, -0.05) is 0 Å². The van der Waals surface area contributed by atoms with Gasteiger partial charge in [0.25, 0.3) is 5.69 Å². The number of hydrogen-bond donors (Lipinski definition) is 0. The summed E-state index contributed by atoms with van der Waals surface area (Å²) in [5, 5.41) is 10.5. The van der Waals surface area contributed by atoms with Crippen molar-refractivity contribution in [3.63, 3.8) is 0 Å². The van der Waals surface area contributed by atoms with Crippen LogP contribution in [-0.2, 0) is 17.1 Å². The van der Waals surface area contributed by atoms with Gasteiger partial charge in [-0.3, -0.25) is 10.1 Å². The van der Waals surface area contributed by atoms with Crippen LogP contribution in [0.15, 0.2) is 12.1 Å². The fourth-order valence-electron chi connectivity index (χ4n) is 1.61. The Morgan fingerprint density at radius 2 is 1.57 bits per heavy atom. The molecule has 116 valence electrons. The first kappa shape index (κ1) is 16.7. The van der Waals surface area contributed by atoms with Crippen LogP contribution in [0.25, 0.3) is 0 Å². The zero-order valence-electron chi connectivity index (χ0n) is 10.0. The van der Waals surface area contributed by atoms with Crippen molar-refractivity contribution in [1.29, 1.82) is 0 Å². The highest BCUT2D eigenvalue weighted by Crippen LogP contribution is 2.46. The summed E-state index contributed by atoms with van der Waals surface area (Å²) >= 11 is 0. The van der Waals surface area contributed by atoms with E-state index < -0.39 is 45.6 Å². The number of nitro groups is 1. The molecule has 0 aliphatic heterocycles. The average molecular weight is 317 g/mol. The van der Waals surface area contributed by atoms with E-state index in [0.717, 1.165) is 0 Å². The number of ether oxygens (including phenoxy) is 1. The minimum atomic E-state index is -5.68. The van der Waals surface area contributed by atoms with Gasteiger partial charge in [0.2, 0.25) is 0 Å². The lowest BCUT2D eigenvalue weighted by Crippen LogP contribution is -2.23.